The second-order valence-electron chi connectivity index (χ2n) is 5.64. The molecule has 0 saturated carbocycles. The average molecular weight is 303 g/mol. The maximum Gasteiger partial charge on any atom is 0.223 e. The van der Waals surface area contributed by atoms with Gasteiger partial charge in [-0.05, 0) is 42.2 Å². The first-order valence-electron chi connectivity index (χ1n) is 7.37. The Hall–Kier alpha value is -2.14. The number of hydrogen-bond acceptors (Lipinski definition) is 3. The number of aryl methyl sites for hydroxylation is 1. The van der Waals surface area contributed by atoms with E-state index in [1.165, 1.54) is 12.1 Å². The maximum absolute atomic E-state index is 13.4. The third kappa shape index (κ3) is 3.20. The molecule has 4 nitrogen and oxygen atoms in total. The summed E-state index contributed by atoms with van der Waals surface area (Å²) in [6.45, 7) is 0.297. The molecule has 1 saturated heterocycles. The van der Waals surface area contributed by atoms with E-state index in [0.717, 1.165) is 11.1 Å². The molecular weight excluding hydrogens is 285 g/mol. The zero-order chi connectivity index (χ0) is 15.5. The Kier molecular flexibility index (Phi) is 4.24. The standard InChI is InChI=1S/C17H18FNO3/c18-14-3-1-2-13(8-14)16-9-15(20)10-19(16)17(21)5-4-12-6-7-22-11-12/h1-3,6-8,11,15-16,20H,4-5,9-10H2/t15-,16+/m1/s1. The average Bonchev–Trinajstić information content (AvgIpc) is 3.14. The minimum Gasteiger partial charge on any atom is -0.472 e. The predicted octanol–water partition coefficient (Wildman–Crippen LogP) is 2.69. The lowest BCUT2D eigenvalue weighted by molar-refractivity contribution is -0.132. The van der Waals surface area contributed by atoms with E-state index in [1.54, 1.807) is 29.6 Å². The number of β-amino-alcohol motifs (C(OH)–C–C–N with tert-alkyl or cyclic N) is 1. The fraction of sp³-hybridized carbons (Fsp3) is 0.353. The molecule has 0 radical (unpaired) electrons. The molecule has 2 atom stereocenters. The number of nitrogens with zero attached hydrogens (tertiary/aromatic N) is 1. The van der Waals surface area contributed by atoms with Crippen LogP contribution in [-0.4, -0.2) is 28.6 Å². The molecule has 116 valence electrons. The Morgan fingerprint density at radius 3 is 3.00 bits per heavy atom. The molecule has 2 aromatic rings. The number of benzene rings is 1. The first-order chi connectivity index (χ1) is 10.6. The van der Waals surface area contributed by atoms with Crippen molar-refractivity contribution in [3.63, 3.8) is 0 Å². The molecule has 2 heterocycles. The highest BCUT2D eigenvalue weighted by Crippen LogP contribution is 2.33. The van der Waals surface area contributed by atoms with E-state index in [4.69, 9.17) is 4.42 Å². The van der Waals surface area contributed by atoms with Gasteiger partial charge in [0.1, 0.15) is 5.82 Å². The Morgan fingerprint density at radius 1 is 1.41 bits per heavy atom. The van der Waals surface area contributed by atoms with Crippen LogP contribution >= 0.6 is 0 Å². The van der Waals surface area contributed by atoms with Gasteiger partial charge in [0.15, 0.2) is 0 Å². The molecule has 0 aliphatic carbocycles. The minimum atomic E-state index is -0.564. The summed E-state index contributed by atoms with van der Waals surface area (Å²) in [5.41, 5.74) is 1.70. The summed E-state index contributed by atoms with van der Waals surface area (Å²) < 4.78 is 18.4. The molecule has 1 amide bonds. The van der Waals surface area contributed by atoms with Crippen molar-refractivity contribution < 1.29 is 18.7 Å². The summed E-state index contributed by atoms with van der Waals surface area (Å²) in [4.78, 5) is 14.1. The van der Waals surface area contributed by atoms with Crippen LogP contribution in [0.25, 0.3) is 0 Å². The second kappa shape index (κ2) is 6.32. The number of hydrogen-bond donors (Lipinski definition) is 1. The number of likely N-dealkylation sites (tertiary alicyclic amines) is 1. The van der Waals surface area contributed by atoms with E-state index in [9.17, 15) is 14.3 Å². The smallest absolute Gasteiger partial charge is 0.223 e. The Labute approximate surface area is 128 Å². The van der Waals surface area contributed by atoms with Crippen LogP contribution in [0.5, 0.6) is 0 Å². The van der Waals surface area contributed by atoms with Crippen molar-refractivity contribution in [3.05, 3.63) is 59.8 Å². The number of carbonyl (C=O) groups excluding carboxylic acids is 1. The first kappa shape index (κ1) is 14.8. The number of aliphatic hydroxyl groups excluding tert-OH is 1. The molecule has 3 rings (SSSR count). The normalized spacial score (nSPS) is 21.3. The van der Waals surface area contributed by atoms with Gasteiger partial charge in [-0.2, -0.15) is 0 Å². The van der Waals surface area contributed by atoms with Gasteiger partial charge in [-0.15, -0.1) is 0 Å². The predicted molar refractivity (Wildman–Crippen MR) is 78.5 cm³/mol. The molecule has 1 aliphatic heterocycles. The highest BCUT2D eigenvalue weighted by atomic mass is 19.1. The van der Waals surface area contributed by atoms with Crippen LogP contribution in [0.4, 0.5) is 4.39 Å². The summed E-state index contributed by atoms with van der Waals surface area (Å²) in [5, 5.41) is 9.90. The molecule has 1 N–H and O–H groups in total. The molecule has 22 heavy (non-hydrogen) atoms. The largest absolute Gasteiger partial charge is 0.472 e. The van der Waals surface area contributed by atoms with Crippen LogP contribution in [0.3, 0.4) is 0 Å². The number of furan rings is 1. The Balaban J connectivity index is 1.71. The van der Waals surface area contributed by atoms with E-state index in [2.05, 4.69) is 0 Å². The fourth-order valence-corrected chi connectivity index (χ4v) is 2.95. The topological polar surface area (TPSA) is 53.7 Å². The summed E-state index contributed by atoms with van der Waals surface area (Å²) in [6.07, 6.45) is 4.02. The van der Waals surface area contributed by atoms with E-state index in [1.807, 2.05) is 6.07 Å². The van der Waals surface area contributed by atoms with Gasteiger partial charge >= 0.3 is 0 Å². The van der Waals surface area contributed by atoms with Crippen molar-refractivity contribution in [3.8, 4) is 0 Å². The van der Waals surface area contributed by atoms with Crippen LogP contribution in [0.2, 0.25) is 0 Å². The van der Waals surface area contributed by atoms with Crippen molar-refractivity contribution in [2.24, 2.45) is 0 Å². The van der Waals surface area contributed by atoms with Crippen molar-refractivity contribution in [2.75, 3.05) is 6.54 Å². The van der Waals surface area contributed by atoms with Crippen molar-refractivity contribution in [2.45, 2.75) is 31.4 Å². The molecular formula is C17H18FNO3. The molecule has 1 aliphatic rings. The highest BCUT2D eigenvalue weighted by molar-refractivity contribution is 5.77. The van der Waals surface area contributed by atoms with E-state index >= 15 is 0 Å². The number of halogens is 1. The van der Waals surface area contributed by atoms with Gasteiger partial charge in [-0.25, -0.2) is 4.39 Å². The molecule has 1 aromatic heterocycles. The number of rotatable bonds is 4. The van der Waals surface area contributed by atoms with Crippen molar-refractivity contribution >= 4 is 5.91 Å². The summed E-state index contributed by atoms with van der Waals surface area (Å²) in [6, 6.07) is 7.79. The summed E-state index contributed by atoms with van der Waals surface area (Å²) in [7, 11) is 0. The Bertz CT molecular complexity index is 641. The van der Waals surface area contributed by atoms with E-state index in [0.29, 0.717) is 25.8 Å². The van der Waals surface area contributed by atoms with Gasteiger partial charge in [-0.1, -0.05) is 12.1 Å². The van der Waals surface area contributed by atoms with Crippen LogP contribution in [0, 0.1) is 5.82 Å². The number of carbonyl (C=O) groups is 1. The van der Waals surface area contributed by atoms with Crippen molar-refractivity contribution in [1.29, 1.82) is 0 Å². The quantitative estimate of drug-likeness (QED) is 0.945. The SMILES string of the molecule is O=C(CCc1ccoc1)N1C[C@H](O)C[C@H]1c1cccc(F)c1. The fourth-order valence-electron chi connectivity index (χ4n) is 2.95. The van der Waals surface area contributed by atoms with Crippen molar-refractivity contribution in [1.82, 2.24) is 4.90 Å². The van der Waals surface area contributed by atoms with Gasteiger partial charge in [0.2, 0.25) is 5.91 Å². The summed E-state index contributed by atoms with van der Waals surface area (Å²) in [5.74, 6) is -0.364. The minimum absolute atomic E-state index is 0.0352. The van der Waals surface area contributed by atoms with Gasteiger partial charge in [0.05, 0.1) is 24.7 Å². The molecule has 0 bridgehead atoms. The number of aliphatic hydroxyl groups is 1. The molecule has 1 aromatic carbocycles. The van der Waals surface area contributed by atoms with Gasteiger partial charge in [-0.3, -0.25) is 4.79 Å². The van der Waals surface area contributed by atoms with E-state index < -0.39 is 6.10 Å². The van der Waals surface area contributed by atoms with Crippen LogP contribution in [0.1, 0.15) is 30.0 Å². The number of amides is 1. The third-order valence-electron chi connectivity index (χ3n) is 4.04. The summed E-state index contributed by atoms with van der Waals surface area (Å²) >= 11 is 0. The van der Waals surface area contributed by atoms with Crippen LogP contribution < -0.4 is 0 Å². The Morgan fingerprint density at radius 2 is 2.27 bits per heavy atom. The lowest BCUT2D eigenvalue weighted by Gasteiger charge is -2.24. The van der Waals surface area contributed by atoms with Crippen LogP contribution in [-0.2, 0) is 11.2 Å². The zero-order valence-corrected chi connectivity index (χ0v) is 12.1. The second-order valence-corrected chi connectivity index (χ2v) is 5.64. The highest BCUT2D eigenvalue weighted by Gasteiger charge is 2.35. The molecule has 5 heteroatoms. The van der Waals surface area contributed by atoms with Crippen LogP contribution in [0.15, 0.2) is 47.3 Å². The zero-order valence-electron chi connectivity index (χ0n) is 12.1. The van der Waals surface area contributed by atoms with Gasteiger partial charge in [0.25, 0.3) is 0 Å². The van der Waals surface area contributed by atoms with Gasteiger partial charge in [0, 0.05) is 13.0 Å². The monoisotopic (exact) mass is 303 g/mol. The first-order valence-corrected chi connectivity index (χ1v) is 7.37. The molecule has 0 spiro atoms. The lowest BCUT2D eigenvalue weighted by Crippen LogP contribution is -2.32. The van der Waals surface area contributed by atoms with E-state index in [-0.39, 0.29) is 17.8 Å². The molecule has 0 unspecified atom stereocenters. The maximum atomic E-state index is 13.4. The van der Waals surface area contributed by atoms with Gasteiger partial charge < -0.3 is 14.4 Å². The third-order valence-corrected chi connectivity index (χ3v) is 4.04. The lowest BCUT2D eigenvalue weighted by atomic mass is 10.0. The molecule has 1 fully saturated rings.